The van der Waals surface area contributed by atoms with E-state index in [1.54, 1.807) is 6.20 Å². The maximum Gasteiger partial charge on any atom is 0.144 e. The molecule has 0 spiro atoms. The van der Waals surface area contributed by atoms with Crippen molar-refractivity contribution in [2.24, 2.45) is 0 Å². The summed E-state index contributed by atoms with van der Waals surface area (Å²) in [6, 6.07) is 7.46. The molecule has 0 aliphatic rings. The third-order valence-corrected chi connectivity index (χ3v) is 4.21. The smallest absolute Gasteiger partial charge is 0.144 e. The van der Waals surface area contributed by atoms with Crippen LogP contribution in [0.5, 0.6) is 0 Å². The highest BCUT2D eigenvalue weighted by Gasteiger charge is 2.15. The number of hydrogen-bond acceptors (Lipinski definition) is 4. The largest absolute Gasteiger partial charge is 0.382 e. The minimum absolute atomic E-state index is 0.224. The molecule has 3 N–H and O–H groups in total. The molecule has 0 fully saturated rings. The van der Waals surface area contributed by atoms with Gasteiger partial charge in [0.25, 0.3) is 0 Å². The molecule has 2 rings (SSSR count). The highest BCUT2D eigenvalue weighted by atomic mass is 32.2. The van der Waals surface area contributed by atoms with Gasteiger partial charge >= 0.3 is 0 Å². The molecule has 1 unspecified atom stereocenters. The van der Waals surface area contributed by atoms with E-state index >= 15 is 0 Å². The predicted molar refractivity (Wildman–Crippen MR) is 85.9 cm³/mol. The predicted octanol–water partition coefficient (Wildman–Crippen LogP) is 2.44. The number of nitrogens with one attached hydrogen (secondary N) is 1. The van der Waals surface area contributed by atoms with Crippen LogP contribution < -0.4 is 10.5 Å². The summed E-state index contributed by atoms with van der Waals surface area (Å²) in [4.78, 5) is 9.23. The highest BCUT2D eigenvalue weighted by molar-refractivity contribution is 7.83. The molecule has 21 heavy (non-hydrogen) atoms. The van der Waals surface area contributed by atoms with E-state index in [1.165, 1.54) is 0 Å². The van der Waals surface area contributed by atoms with E-state index in [2.05, 4.69) is 14.7 Å². The summed E-state index contributed by atoms with van der Waals surface area (Å²) in [5.74, 6) is 0.424. The summed E-state index contributed by atoms with van der Waals surface area (Å²) in [7, 11) is -1.27. The van der Waals surface area contributed by atoms with Crippen LogP contribution in [0.3, 0.4) is 0 Å². The average Bonchev–Trinajstić information content (AvgIpc) is 2.40. The Hall–Kier alpha value is -1.79. The first kappa shape index (κ1) is 15.6. The fourth-order valence-corrected chi connectivity index (χ4v) is 2.85. The second-order valence-electron chi connectivity index (χ2n) is 5.87. The maximum absolute atomic E-state index is 12.3. The Bertz CT molecular complexity index is 680. The molecule has 1 aromatic carbocycles. The second kappa shape index (κ2) is 5.91. The lowest BCUT2D eigenvalue weighted by Gasteiger charge is -2.19. The number of anilines is 1. The summed E-state index contributed by atoms with van der Waals surface area (Å²) in [6.07, 6.45) is 1.63. The van der Waals surface area contributed by atoms with Crippen LogP contribution >= 0.6 is 0 Å². The third-order valence-electron chi connectivity index (χ3n) is 2.73. The number of rotatable bonds is 3. The van der Waals surface area contributed by atoms with Crippen LogP contribution in [0.4, 0.5) is 5.82 Å². The van der Waals surface area contributed by atoms with Crippen LogP contribution in [-0.2, 0) is 11.0 Å². The van der Waals surface area contributed by atoms with E-state index in [-0.39, 0.29) is 5.54 Å². The van der Waals surface area contributed by atoms with Crippen LogP contribution in [0.15, 0.2) is 35.4 Å². The first-order valence-corrected chi connectivity index (χ1v) is 7.80. The minimum atomic E-state index is -1.27. The van der Waals surface area contributed by atoms with Gasteiger partial charge in [-0.15, -0.1) is 0 Å². The summed E-state index contributed by atoms with van der Waals surface area (Å²) in [5.41, 5.74) is 7.73. The van der Waals surface area contributed by atoms with Crippen molar-refractivity contribution in [2.75, 3.05) is 5.73 Å². The Balaban J connectivity index is 2.33. The van der Waals surface area contributed by atoms with Crippen molar-refractivity contribution in [1.82, 2.24) is 14.7 Å². The molecule has 5 nitrogen and oxygen atoms in total. The minimum Gasteiger partial charge on any atom is -0.382 e. The Morgan fingerprint density at radius 2 is 2.00 bits per heavy atom. The maximum atomic E-state index is 12.3. The van der Waals surface area contributed by atoms with E-state index in [9.17, 15) is 4.21 Å². The van der Waals surface area contributed by atoms with Crippen molar-refractivity contribution in [2.45, 2.75) is 38.1 Å². The van der Waals surface area contributed by atoms with Gasteiger partial charge in [0, 0.05) is 11.1 Å². The lowest BCUT2D eigenvalue weighted by molar-refractivity contribution is 0.519. The molecule has 1 heterocycles. The van der Waals surface area contributed by atoms with Crippen molar-refractivity contribution >= 4 is 16.8 Å². The van der Waals surface area contributed by atoms with Gasteiger partial charge in [-0.1, -0.05) is 12.1 Å². The zero-order valence-corrected chi connectivity index (χ0v) is 13.5. The summed E-state index contributed by atoms with van der Waals surface area (Å²) in [5, 5.41) is 0. The SMILES string of the molecule is Cc1nc(-c2cccc(S(=O)NC(C)(C)C)c2)cnc1N. The van der Waals surface area contributed by atoms with E-state index < -0.39 is 11.0 Å². The molecule has 112 valence electrons. The van der Waals surface area contributed by atoms with Gasteiger partial charge in [0.2, 0.25) is 0 Å². The van der Waals surface area contributed by atoms with Crippen molar-refractivity contribution in [3.8, 4) is 11.3 Å². The Morgan fingerprint density at radius 3 is 2.62 bits per heavy atom. The topological polar surface area (TPSA) is 80.9 Å². The quantitative estimate of drug-likeness (QED) is 0.912. The van der Waals surface area contributed by atoms with Gasteiger partial charge in [-0.3, -0.25) is 0 Å². The van der Waals surface area contributed by atoms with Crippen molar-refractivity contribution in [1.29, 1.82) is 0 Å². The molecule has 0 bridgehead atoms. The number of benzene rings is 1. The highest BCUT2D eigenvalue weighted by Crippen LogP contribution is 2.21. The molecule has 2 aromatic rings. The van der Waals surface area contributed by atoms with Gasteiger partial charge in [0.05, 0.1) is 22.5 Å². The Kier molecular flexibility index (Phi) is 4.39. The van der Waals surface area contributed by atoms with Crippen LogP contribution in [0, 0.1) is 6.92 Å². The normalized spacial score (nSPS) is 13.1. The van der Waals surface area contributed by atoms with Gasteiger partial charge < -0.3 is 5.73 Å². The zero-order chi connectivity index (χ0) is 15.6. The number of aromatic nitrogens is 2. The lowest BCUT2D eigenvalue weighted by atomic mass is 10.1. The van der Waals surface area contributed by atoms with Gasteiger partial charge in [-0.2, -0.15) is 0 Å². The number of nitrogens with two attached hydrogens (primary N) is 1. The van der Waals surface area contributed by atoms with E-state index in [0.717, 1.165) is 11.3 Å². The zero-order valence-electron chi connectivity index (χ0n) is 12.7. The van der Waals surface area contributed by atoms with Crippen LogP contribution in [0.2, 0.25) is 0 Å². The fraction of sp³-hybridized carbons (Fsp3) is 0.333. The van der Waals surface area contributed by atoms with Crippen LogP contribution in [0.25, 0.3) is 11.3 Å². The monoisotopic (exact) mass is 304 g/mol. The molecule has 0 aliphatic heterocycles. The van der Waals surface area contributed by atoms with Crippen molar-refractivity contribution in [3.05, 3.63) is 36.2 Å². The summed E-state index contributed by atoms with van der Waals surface area (Å²) in [6.45, 7) is 7.74. The van der Waals surface area contributed by atoms with Gasteiger partial charge in [-0.25, -0.2) is 18.9 Å². The van der Waals surface area contributed by atoms with E-state index in [0.29, 0.717) is 16.4 Å². The lowest BCUT2D eigenvalue weighted by Crippen LogP contribution is -2.37. The molecule has 1 aromatic heterocycles. The first-order valence-electron chi connectivity index (χ1n) is 6.65. The molecule has 0 amide bonds. The second-order valence-corrected chi connectivity index (χ2v) is 7.09. The standard InChI is InChI=1S/C15H20N4OS/c1-10-14(16)17-9-13(18-10)11-6-5-7-12(8-11)21(20)19-15(2,3)4/h5-9,19H,1-4H3,(H2,16,17). The Labute approximate surface area is 127 Å². The molecule has 0 saturated heterocycles. The first-order chi connectivity index (χ1) is 9.76. The molecule has 1 atom stereocenters. The van der Waals surface area contributed by atoms with Crippen LogP contribution in [0.1, 0.15) is 26.5 Å². The number of nitrogen functional groups attached to an aromatic ring is 1. The Morgan fingerprint density at radius 1 is 1.29 bits per heavy atom. The van der Waals surface area contributed by atoms with E-state index in [1.807, 2.05) is 52.0 Å². The van der Waals surface area contributed by atoms with E-state index in [4.69, 9.17) is 5.73 Å². The number of nitrogens with zero attached hydrogens (tertiary/aromatic N) is 2. The molecule has 0 aliphatic carbocycles. The third kappa shape index (κ3) is 4.09. The average molecular weight is 304 g/mol. The molecular weight excluding hydrogens is 284 g/mol. The molecule has 6 heteroatoms. The van der Waals surface area contributed by atoms with Gasteiger partial charge in [0.15, 0.2) is 0 Å². The van der Waals surface area contributed by atoms with Crippen molar-refractivity contribution < 1.29 is 4.21 Å². The van der Waals surface area contributed by atoms with Crippen molar-refractivity contribution in [3.63, 3.8) is 0 Å². The number of aryl methyl sites for hydroxylation is 1. The molecular formula is C15H20N4OS. The number of hydrogen-bond donors (Lipinski definition) is 2. The fourth-order valence-electron chi connectivity index (χ4n) is 1.74. The van der Waals surface area contributed by atoms with Crippen LogP contribution in [-0.4, -0.2) is 19.7 Å². The summed E-state index contributed by atoms with van der Waals surface area (Å²) < 4.78 is 15.4. The molecule has 0 saturated carbocycles. The molecule has 0 radical (unpaired) electrons. The summed E-state index contributed by atoms with van der Waals surface area (Å²) >= 11 is 0. The van der Waals surface area contributed by atoms with Gasteiger partial charge in [0.1, 0.15) is 16.8 Å². The van der Waals surface area contributed by atoms with Gasteiger partial charge in [-0.05, 0) is 39.8 Å².